The Morgan fingerprint density at radius 2 is 1.90 bits per heavy atom. The van der Waals surface area contributed by atoms with Crippen LogP contribution in [0.1, 0.15) is 5.56 Å². The molecule has 0 heterocycles. The number of hydrogen-bond donors (Lipinski definition) is 1. The van der Waals surface area contributed by atoms with Crippen LogP contribution in [0.15, 0.2) is 53.6 Å². The summed E-state index contributed by atoms with van der Waals surface area (Å²) < 4.78 is 0. The Hall–Kier alpha value is -2.89. The molecule has 21 heavy (non-hydrogen) atoms. The summed E-state index contributed by atoms with van der Waals surface area (Å²) in [6, 6.07) is 14.1. The SMILES string of the molecule is CN(C)c1ccc(/C=N/Nc2cccc([N+](=O)[O-])c2)cc1. The van der Waals surface area contributed by atoms with E-state index in [1.807, 2.05) is 43.3 Å². The normalized spacial score (nSPS) is 10.6. The van der Waals surface area contributed by atoms with Crippen molar-refractivity contribution in [1.29, 1.82) is 0 Å². The minimum atomic E-state index is -0.436. The second kappa shape index (κ2) is 6.51. The summed E-state index contributed by atoms with van der Waals surface area (Å²) in [7, 11) is 3.96. The van der Waals surface area contributed by atoms with Crippen LogP contribution in [0.4, 0.5) is 17.1 Å². The topological polar surface area (TPSA) is 70.8 Å². The highest BCUT2D eigenvalue weighted by molar-refractivity contribution is 5.81. The zero-order valence-electron chi connectivity index (χ0n) is 11.9. The van der Waals surface area contributed by atoms with Gasteiger partial charge in [-0.1, -0.05) is 18.2 Å². The van der Waals surface area contributed by atoms with Gasteiger partial charge in [-0.05, 0) is 23.8 Å². The molecule has 6 nitrogen and oxygen atoms in total. The lowest BCUT2D eigenvalue weighted by atomic mass is 10.2. The number of non-ortho nitro benzene ring substituents is 1. The van der Waals surface area contributed by atoms with Gasteiger partial charge < -0.3 is 4.90 Å². The number of anilines is 2. The van der Waals surface area contributed by atoms with Crippen LogP contribution >= 0.6 is 0 Å². The Labute approximate surface area is 122 Å². The molecule has 0 aliphatic heterocycles. The Bertz CT molecular complexity index is 651. The maximum absolute atomic E-state index is 10.7. The number of hydrogen-bond acceptors (Lipinski definition) is 5. The Balaban J connectivity index is 2.02. The molecule has 2 aromatic carbocycles. The minimum absolute atomic E-state index is 0.0329. The van der Waals surface area contributed by atoms with Crippen molar-refractivity contribution in [2.45, 2.75) is 0 Å². The van der Waals surface area contributed by atoms with E-state index in [9.17, 15) is 10.1 Å². The van der Waals surface area contributed by atoms with Gasteiger partial charge >= 0.3 is 0 Å². The van der Waals surface area contributed by atoms with Gasteiger partial charge in [0.2, 0.25) is 0 Å². The van der Waals surface area contributed by atoms with Crippen molar-refractivity contribution in [3.63, 3.8) is 0 Å². The zero-order valence-corrected chi connectivity index (χ0v) is 11.9. The minimum Gasteiger partial charge on any atom is -0.378 e. The largest absolute Gasteiger partial charge is 0.378 e. The molecule has 0 amide bonds. The molecule has 6 heteroatoms. The van der Waals surface area contributed by atoms with Gasteiger partial charge in [0, 0.05) is 31.9 Å². The molecule has 0 aliphatic rings. The van der Waals surface area contributed by atoms with E-state index in [1.165, 1.54) is 12.1 Å². The van der Waals surface area contributed by atoms with Crippen LogP contribution in [0.3, 0.4) is 0 Å². The molecule has 0 radical (unpaired) electrons. The van der Waals surface area contributed by atoms with E-state index >= 15 is 0 Å². The van der Waals surface area contributed by atoms with E-state index in [1.54, 1.807) is 18.3 Å². The van der Waals surface area contributed by atoms with Crippen LogP contribution < -0.4 is 10.3 Å². The molecule has 2 aromatic rings. The molecule has 0 aliphatic carbocycles. The first-order valence-corrected chi connectivity index (χ1v) is 6.37. The lowest BCUT2D eigenvalue weighted by Crippen LogP contribution is -2.08. The third-order valence-electron chi connectivity index (χ3n) is 2.87. The summed E-state index contributed by atoms with van der Waals surface area (Å²) >= 11 is 0. The van der Waals surface area contributed by atoms with E-state index in [-0.39, 0.29) is 5.69 Å². The van der Waals surface area contributed by atoms with Gasteiger partial charge in [0.15, 0.2) is 0 Å². The monoisotopic (exact) mass is 284 g/mol. The van der Waals surface area contributed by atoms with Gasteiger partial charge in [0.25, 0.3) is 5.69 Å². The van der Waals surface area contributed by atoms with Crippen LogP contribution in [0.5, 0.6) is 0 Å². The lowest BCUT2D eigenvalue weighted by molar-refractivity contribution is -0.384. The fraction of sp³-hybridized carbons (Fsp3) is 0.133. The lowest BCUT2D eigenvalue weighted by Gasteiger charge is -2.11. The number of nitrogens with zero attached hydrogens (tertiary/aromatic N) is 3. The van der Waals surface area contributed by atoms with Gasteiger partial charge in [-0.3, -0.25) is 15.5 Å². The summed E-state index contributed by atoms with van der Waals surface area (Å²) in [5.74, 6) is 0. The van der Waals surface area contributed by atoms with E-state index in [2.05, 4.69) is 10.5 Å². The van der Waals surface area contributed by atoms with Crippen molar-refractivity contribution in [3.8, 4) is 0 Å². The van der Waals surface area contributed by atoms with Crippen LogP contribution in [0, 0.1) is 10.1 Å². The van der Waals surface area contributed by atoms with E-state index in [0.29, 0.717) is 5.69 Å². The van der Waals surface area contributed by atoms with Crippen LogP contribution in [-0.4, -0.2) is 25.2 Å². The summed E-state index contributed by atoms with van der Waals surface area (Å²) in [6.07, 6.45) is 1.66. The number of nitrogens with one attached hydrogen (secondary N) is 1. The number of hydrazone groups is 1. The van der Waals surface area contributed by atoms with Crippen molar-refractivity contribution in [2.24, 2.45) is 5.10 Å². The first kappa shape index (κ1) is 14.5. The van der Waals surface area contributed by atoms with Crippen molar-refractivity contribution in [3.05, 3.63) is 64.2 Å². The number of rotatable bonds is 5. The molecule has 0 saturated heterocycles. The van der Waals surface area contributed by atoms with Crippen molar-refractivity contribution in [2.75, 3.05) is 24.4 Å². The molecule has 1 N–H and O–H groups in total. The maximum Gasteiger partial charge on any atom is 0.271 e. The van der Waals surface area contributed by atoms with Crippen LogP contribution in [0.2, 0.25) is 0 Å². The van der Waals surface area contributed by atoms with Crippen LogP contribution in [-0.2, 0) is 0 Å². The third-order valence-corrected chi connectivity index (χ3v) is 2.87. The summed E-state index contributed by atoms with van der Waals surface area (Å²) in [6.45, 7) is 0. The molecule has 2 rings (SSSR count). The van der Waals surface area contributed by atoms with Crippen molar-refractivity contribution >= 4 is 23.3 Å². The first-order valence-electron chi connectivity index (χ1n) is 6.37. The molecule has 0 bridgehead atoms. The molecule has 0 spiro atoms. The Morgan fingerprint density at radius 1 is 1.19 bits per heavy atom. The molecule has 0 unspecified atom stereocenters. The molecule has 0 saturated carbocycles. The highest BCUT2D eigenvalue weighted by Gasteiger charge is 2.04. The molecular weight excluding hydrogens is 268 g/mol. The summed E-state index contributed by atoms with van der Waals surface area (Å²) in [5, 5.41) is 14.7. The number of benzene rings is 2. The number of nitro benzene ring substituents is 1. The van der Waals surface area contributed by atoms with Gasteiger partial charge in [0.1, 0.15) is 0 Å². The molecule has 0 fully saturated rings. The summed E-state index contributed by atoms with van der Waals surface area (Å²) in [4.78, 5) is 12.3. The third kappa shape index (κ3) is 4.04. The maximum atomic E-state index is 10.7. The Morgan fingerprint density at radius 3 is 2.52 bits per heavy atom. The summed E-state index contributed by atoms with van der Waals surface area (Å²) in [5.41, 5.74) is 5.44. The smallest absolute Gasteiger partial charge is 0.271 e. The average molecular weight is 284 g/mol. The highest BCUT2D eigenvalue weighted by atomic mass is 16.6. The average Bonchev–Trinajstić information content (AvgIpc) is 2.48. The second-order valence-corrected chi connectivity index (χ2v) is 4.66. The van der Waals surface area contributed by atoms with Gasteiger partial charge in [0.05, 0.1) is 16.8 Å². The predicted octanol–water partition coefficient (Wildman–Crippen LogP) is 3.11. The van der Waals surface area contributed by atoms with E-state index in [4.69, 9.17) is 0 Å². The van der Waals surface area contributed by atoms with Gasteiger partial charge in [-0.2, -0.15) is 5.10 Å². The fourth-order valence-electron chi connectivity index (χ4n) is 1.73. The van der Waals surface area contributed by atoms with Crippen LogP contribution in [0.25, 0.3) is 0 Å². The van der Waals surface area contributed by atoms with Crippen molar-refractivity contribution in [1.82, 2.24) is 0 Å². The quantitative estimate of drug-likeness (QED) is 0.520. The first-order chi connectivity index (χ1) is 10.1. The molecule has 0 aromatic heterocycles. The van der Waals surface area contributed by atoms with E-state index in [0.717, 1.165) is 11.3 Å². The Kier molecular flexibility index (Phi) is 4.50. The molecule has 0 atom stereocenters. The predicted molar refractivity (Wildman–Crippen MR) is 85.1 cm³/mol. The number of nitro groups is 1. The molecule has 108 valence electrons. The standard InChI is InChI=1S/C15H16N4O2/c1-18(2)14-8-6-12(7-9-14)11-16-17-13-4-3-5-15(10-13)19(20)21/h3-11,17H,1-2H3/b16-11+. The highest BCUT2D eigenvalue weighted by Crippen LogP contribution is 2.17. The second-order valence-electron chi connectivity index (χ2n) is 4.66. The van der Waals surface area contributed by atoms with Gasteiger partial charge in [-0.25, -0.2) is 0 Å². The zero-order chi connectivity index (χ0) is 15.2. The van der Waals surface area contributed by atoms with E-state index < -0.39 is 4.92 Å². The molecular formula is C15H16N4O2. The van der Waals surface area contributed by atoms with Crippen molar-refractivity contribution < 1.29 is 4.92 Å². The fourth-order valence-corrected chi connectivity index (χ4v) is 1.73. The van der Waals surface area contributed by atoms with Gasteiger partial charge in [-0.15, -0.1) is 0 Å².